The number of hydrogen-bond donors (Lipinski definition) is 0. The predicted molar refractivity (Wildman–Crippen MR) is 105 cm³/mol. The lowest BCUT2D eigenvalue weighted by Gasteiger charge is -2.17. The van der Waals surface area contributed by atoms with Crippen LogP contribution in [-0.4, -0.2) is 55.5 Å². The van der Waals surface area contributed by atoms with Crippen LogP contribution in [0, 0.1) is 0 Å². The zero-order chi connectivity index (χ0) is 20.7. The summed E-state index contributed by atoms with van der Waals surface area (Å²) in [6, 6.07) is 7.12. The summed E-state index contributed by atoms with van der Waals surface area (Å²) in [6.07, 6.45) is 0. The maximum Gasteiger partial charge on any atom is 0.203 e. The Hall–Kier alpha value is -3.29. The molecular weight excluding hydrogens is 366 g/mol. The molecule has 2 rings (SSSR count). The van der Waals surface area contributed by atoms with Crippen molar-refractivity contribution in [1.82, 2.24) is 0 Å². The van der Waals surface area contributed by atoms with E-state index in [0.717, 1.165) is 0 Å². The molecule has 0 heterocycles. The SMILES string of the molecule is CON=C(c1cc(OC)c(OC)c(OC)c1)c1cc(OC)c(OC)c(OC)c1. The third-order valence-electron chi connectivity index (χ3n) is 4.06. The van der Waals surface area contributed by atoms with Crippen molar-refractivity contribution >= 4 is 5.71 Å². The van der Waals surface area contributed by atoms with E-state index in [1.165, 1.54) is 7.11 Å². The third-order valence-corrected chi connectivity index (χ3v) is 4.06. The predicted octanol–water partition coefficient (Wildman–Crippen LogP) is 3.14. The minimum absolute atomic E-state index is 0.482. The first kappa shape index (κ1) is 21.0. The normalized spacial score (nSPS) is 9.96. The van der Waals surface area contributed by atoms with E-state index in [1.54, 1.807) is 66.9 Å². The summed E-state index contributed by atoms with van der Waals surface area (Å²) in [5.74, 6) is 2.94. The Morgan fingerprint density at radius 2 is 0.857 bits per heavy atom. The molecule has 0 atom stereocenters. The van der Waals surface area contributed by atoms with E-state index in [4.69, 9.17) is 33.3 Å². The average molecular weight is 391 g/mol. The minimum atomic E-state index is 0.482. The molecule has 0 aliphatic heterocycles. The molecule has 0 amide bonds. The highest BCUT2D eigenvalue weighted by Crippen LogP contribution is 2.41. The molecule has 8 nitrogen and oxygen atoms in total. The lowest BCUT2D eigenvalue weighted by Crippen LogP contribution is -2.08. The van der Waals surface area contributed by atoms with Crippen molar-refractivity contribution in [2.45, 2.75) is 0 Å². The number of ether oxygens (including phenoxy) is 6. The molecule has 0 unspecified atom stereocenters. The van der Waals surface area contributed by atoms with Crippen LogP contribution in [0.5, 0.6) is 34.5 Å². The molecule has 0 N–H and O–H groups in total. The van der Waals surface area contributed by atoms with Gasteiger partial charge in [-0.2, -0.15) is 0 Å². The van der Waals surface area contributed by atoms with Gasteiger partial charge in [-0.15, -0.1) is 0 Å². The van der Waals surface area contributed by atoms with E-state index in [0.29, 0.717) is 51.3 Å². The van der Waals surface area contributed by atoms with Crippen molar-refractivity contribution in [1.29, 1.82) is 0 Å². The highest BCUT2D eigenvalue weighted by Gasteiger charge is 2.21. The van der Waals surface area contributed by atoms with Gasteiger partial charge in [0.05, 0.1) is 42.7 Å². The summed E-state index contributed by atoms with van der Waals surface area (Å²) in [5.41, 5.74) is 1.89. The van der Waals surface area contributed by atoms with Crippen LogP contribution in [-0.2, 0) is 4.84 Å². The molecule has 152 valence electrons. The van der Waals surface area contributed by atoms with Gasteiger partial charge in [0.25, 0.3) is 0 Å². The first-order valence-electron chi connectivity index (χ1n) is 8.30. The van der Waals surface area contributed by atoms with E-state index in [1.807, 2.05) is 0 Å². The van der Waals surface area contributed by atoms with Gasteiger partial charge < -0.3 is 33.3 Å². The monoisotopic (exact) mass is 391 g/mol. The van der Waals surface area contributed by atoms with Gasteiger partial charge in [0, 0.05) is 11.1 Å². The van der Waals surface area contributed by atoms with Gasteiger partial charge in [0.2, 0.25) is 11.5 Å². The molecule has 0 saturated carbocycles. The summed E-state index contributed by atoms with van der Waals surface area (Å²) in [6.45, 7) is 0. The first-order chi connectivity index (χ1) is 13.6. The number of methoxy groups -OCH3 is 6. The van der Waals surface area contributed by atoms with Gasteiger partial charge in [-0.3, -0.25) is 0 Å². The molecule has 0 fully saturated rings. The van der Waals surface area contributed by atoms with Crippen LogP contribution in [0.4, 0.5) is 0 Å². The minimum Gasteiger partial charge on any atom is -0.493 e. The molecule has 0 saturated heterocycles. The van der Waals surface area contributed by atoms with Crippen LogP contribution in [0.2, 0.25) is 0 Å². The topological polar surface area (TPSA) is 77.0 Å². The maximum atomic E-state index is 5.44. The zero-order valence-corrected chi connectivity index (χ0v) is 17.1. The second-order valence-electron chi connectivity index (χ2n) is 5.45. The number of benzene rings is 2. The van der Waals surface area contributed by atoms with E-state index in [-0.39, 0.29) is 0 Å². The van der Waals surface area contributed by atoms with Gasteiger partial charge in [0.15, 0.2) is 23.0 Å². The molecule has 8 heteroatoms. The molecule has 0 radical (unpaired) electrons. The zero-order valence-electron chi connectivity index (χ0n) is 17.1. The number of nitrogens with zero attached hydrogens (tertiary/aromatic N) is 1. The van der Waals surface area contributed by atoms with Crippen molar-refractivity contribution in [3.8, 4) is 34.5 Å². The van der Waals surface area contributed by atoms with Gasteiger partial charge in [-0.05, 0) is 24.3 Å². The lowest BCUT2D eigenvalue weighted by atomic mass is 10.0. The smallest absolute Gasteiger partial charge is 0.203 e. The van der Waals surface area contributed by atoms with Gasteiger partial charge in [0.1, 0.15) is 12.8 Å². The Balaban J connectivity index is 2.73. The standard InChI is InChI=1S/C20H25NO7/c1-22-14-8-12(9-15(23-2)19(14)26-5)18(21-28-7)13-10-16(24-3)20(27-6)17(11-13)25-4/h8-11H,1-7H3. The van der Waals surface area contributed by atoms with Crippen LogP contribution < -0.4 is 28.4 Å². The maximum absolute atomic E-state index is 5.44. The Morgan fingerprint density at radius 3 is 1.07 bits per heavy atom. The molecule has 2 aromatic carbocycles. The van der Waals surface area contributed by atoms with Crippen molar-refractivity contribution in [2.75, 3.05) is 49.8 Å². The highest BCUT2D eigenvalue weighted by molar-refractivity contribution is 6.13. The van der Waals surface area contributed by atoms with Crippen LogP contribution in [0.1, 0.15) is 11.1 Å². The van der Waals surface area contributed by atoms with E-state index in [2.05, 4.69) is 5.16 Å². The van der Waals surface area contributed by atoms with E-state index >= 15 is 0 Å². The Morgan fingerprint density at radius 1 is 0.536 bits per heavy atom. The van der Waals surface area contributed by atoms with E-state index < -0.39 is 0 Å². The van der Waals surface area contributed by atoms with Crippen molar-refractivity contribution < 1.29 is 33.3 Å². The summed E-state index contributed by atoms with van der Waals surface area (Å²) in [7, 11) is 10.8. The average Bonchev–Trinajstić information content (AvgIpc) is 2.75. The molecular formula is C20H25NO7. The Kier molecular flexibility index (Phi) is 7.20. The second kappa shape index (κ2) is 9.59. The van der Waals surface area contributed by atoms with Crippen LogP contribution in [0.3, 0.4) is 0 Å². The molecule has 0 spiro atoms. The highest BCUT2D eigenvalue weighted by atomic mass is 16.6. The Bertz CT molecular complexity index is 733. The summed E-state index contributed by atoms with van der Waals surface area (Å²) in [4.78, 5) is 5.08. The quantitative estimate of drug-likeness (QED) is 0.480. The van der Waals surface area contributed by atoms with Crippen molar-refractivity contribution in [2.24, 2.45) is 5.16 Å². The summed E-state index contributed by atoms with van der Waals surface area (Å²) >= 11 is 0. The molecule has 0 bridgehead atoms. The molecule has 0 aromatic heterocycles. The van der Waals surface area contributed by atoms with Crippen molar-refractivity contribution in [3.63, 3.8) is 0 Å². The fourth-order valence-electron chi connectivity index (χ4n) is 2.80. The second-order valence-corrected chi connectivity index (χ2v) is 5.45. The molecule has 0 aliphatic rings. The summed E-state index contributed by atoms with van der Waals surface area (Å²) < 4.78 is 32.5. The van der Waals surface area contributed by atoms with Crippen molar-refractivity contribution in [3.05, 3.63) is 35.4 Å². The first-order valence-corrected chi connectivity index (χ1v) is 8.30. The number of rotatable bonds is 9. The van der Waals surface area contributed by atoms with Gasteiger partial charge >= 0.3 is 0 Å². The van der Waals surface area contributed by atoms with Gasteiger partial charge in [-0.1, -0.05) is 5.16 Å². The van der Waals surface area contributed by atoms with Crippen LogP contribution in [0.15, 0.2) is 29.4 Å². The molecule has 0 aliphatic carbocycles. The Labute approximate surface area is 164 Å². The van der Waals surface area contributed by atoms with Crippen LogP contribution in [0.25, 0.3) is 0 Å². The number of hydrogen-bond acceptors (Lipinski definition) is 8. The lowest BCUT2D eigenvalue weighted by molar-refractivity contribution is 0.214. The number of oxime groups is 1. The fourth-order valence-corrected chi connectivity index (χ4v) is 2.80. The summed E-state index contributed by atoms with van der Waals surface area (Å²) in [5, 5.41) is 4.19. The molecule has 2 aromatic rings. The van der Waals surface area contributed by atoms with Crippen LogP contribution >= 0.6 is 0 Å². The third kappa shape index (κ3) is 4.00. The van der Waals surface area contributed by atoms with Gasteiger partial charge in [-0.25, -0.2) is 0 Å². The molecule has 28 heavy (non-hydrogen) atoms. The van der Waals surface area contributed by atoms with E-state index in [9.17, 15) is 0 Å². The fraction of sp³-hybridized carbons (Fsp3) is 0.350. The largest absolute Gasteiger partial charge is 0.493 e.